The van der Waals surface area contributed by atoms with Crippen molar-refractivity contribution in [2.75, 3.05) is 20.6 Å². The SMILES string of the molecule is CN=C(NCC1(C)CCCC1)NC1CC2CCCC(C1)N2C. The summed E-state index contributed by atoms with van der Waals surface area (Å²) in [6, 6.07) is 2.14. The Morgan fingerprint density at radius 2 is 1.77 bits per heavy atom. The van der Waals surface area contributed by atoms with Gasteiger partial charge in [-0.05, 0) is 51.0 Å². The van der Waals surface area contributed by atoms with Gasteiger partial charge in [0.05, 0.1) is 0 Å². The predicted molar refractivity (Wildman–Crippen MR) is 93.3 cm³/mol. The highest BCUT2D eigenvalue weighted by atomic mass is 15.2. The third-order valence-corrected chi connectivity index (χ3v) is 6.40. The molecule has 22 heavy (non-hydrogen) atoms. The van der Waals surface area contributed by atoms with E-state index in [1.807, 2.05) is 7.05 Å². The van der Waals surface area contributed by atoms with Crippen molar-refractivity contribution >= 4 is 5.96 Å². The van der Waals surface area contributed by atoms with Gasteiger partial charge in [0, 0.05) is 31.7 Å². The molecular formula is C18H34N4. The lowest BCUT2D eigenvalue weighted by Crippen LogP contribution is -2.57. The molecule has 4 heteroatoms. The summed E-state index contributed by atoms with van der Waals surface area (Å²) in [4.78, 5) is 7.09. The Balaban J connectivity index is 1.50. The monoisotopic (exact) mass is 306 g/mol. The molecule has 1 aliphatic carbocycles. The highest BCUT2D eigenvalue weighted by Gasteiger charge is 2.36. The first kappa shape index (κ1) is 16.1. The normalized spacial score (nSPS) is 35.4. The fourth-order valence-corrected chi connectivity index (χ4v) is 4.82. The average Bonchev–Trinajstić information content (AvgIpc) is 2.91. The topological polar surface area (TPSA) is 39.7 Å². The van der Waals surface area contributed by atoms with Gasteiger partial charge in [0.25, 0.3) is 0 Å². The molecule has 2 unspecified atom stereocenters. The van der Waals surface area contributed by atoms with Crippen LogP contribution in [0.5, 0.6) is 0 Å². The van der Waals surface area contributed by atoms with Crippen LogP contribution in [-0.2, 0) is 0 Å². The lowest BCUT2D eigenvalue weighted by atomic mass is 9.82. The van der Waals surface area contributed by atoms with E-state index in [1.54, 1.807) is 0 Å². The minimum Gasteiger partial charge on any atom is -0.356 e. The van der Waals surface area contributed by atoms with E-state index in [4.69, 9.17) is 0 Å². The molecule has 0 aromatic heterocycles. The summed E-state index contributed by atoms with van der Waals surface area (Å²) in [6.07, 6.45) is 12.2. The largest absolute Gasteiger partial charge is 0.356 e. The molecule has 3 aliphatic rings. The Morgan fingerprint density at radius 3 is 2.36 bits per heavy atom. The Hall–Kier alpha value is -0.770. The highest BCUT2D eigenvalue weighted by molar-refractivity contribution is 5.80. The van der Waals surface area contributed by atoms with Crippen LogP contribution < -0.4 is 10.6 Å². The Bertz CT molecular complexity index is 386. The zero-order chi connectivity index (χ0) is 15.6. The molecule has 3 rings (SSSR count). The molecule has 4 nitrogen and oxygen atoms in total. The first-order chi connectivity index (χ1) is 10.6. The molecule has 0 aromatic carbocycles. The van der Waals surface area contributed by atoms with E-state index >= 15 is 0 Å². The maximum atomic E-state index is 4.47. The predicted octanol–water partition coefficient (Wildman–Crippen LogP) is 2.75. The van der Waals surface area contributed by atoms with Crippen molar-refractivity contribution in [1.29, 1.82) is 0 Å². The number of aliphatic imine (C=N–C) groups is 1. The van der Waals surface area contributed by atoms with E-state index in [9.17, 15) is 0 Å². The van der Waals surface area contributed by atoms with Crippen LogP contribution in [0, 0.1) is 5.41 Å². The second-order valence-corrected chi connectivity index (χ2v) is 8.16. The molecule has 126 valence electrons. The summed E-state index contributed by atoms with van der Waals surface area (Å²) in [5, 5.41) is 7.31. The van der Waals surface area contributed by atoms with Crippen LogP contribution in [-0.4, -0.2) is 49.6 Å². The van der Waals surface area contributed by atoms with Crippen LogP contribution in [0.25, 0.3) is 0 Å². The molecule has 2 heterocycles. The number of guanidine groups is 1. The zero-order valence-electron chi connectivity index (χ0n) is 14.7. The van der Waals surface area contributed by atoms with Gasteiger partial charge >= 0.3 is 0 Å². The molecule has 2 aliphatic heterocycles. The fourth-order valence-electron chi connectivity index (χ4n) is 4.82. The third kappa shape index (κ3) is 3.58. The van der Waals surface area contributed by atoms with E-state index in [2.05, 4.69) is 34.5 Å². The fraction of sp³-hybridized carbons (Fsp3) is 0.944. The molecular weight excluding hydrogens is 272 g/mol. The second-order valence-electron chi connectivity index (χ2n) is 8.16. The van der Waals surface area contributed by atoms with Crippen molar-refractivity contribution in [2.45, 2.75) is 82.8 Å². The molecule has 2 saturated heterocycles. The lowest BCUT2D eigenvalue weighted by molar-refractivity contribution is 0.0526. The zero-order valence-corrected chi connectivity index (χ0v) is 14.7. The summed E-state index contributed by atoms with van der Waals surface area (Å²) in [6.45, 7) is 3.48. The van der Waals surface area contributed by atoms with E-state index < -0.39 is 0 Å². The minimum atomic E-state index is 0.473. The maximum absolute atomic E-state index is 4.47. The number of hydrogen-bond donors (Lipinski definition) is 2. The van der Waals surface area contributed by atoms with E-state index in [1.165, 1.54) is 57.8 Å². The van der Waals surface area contributed by atoms with Crippen LogP contribution in [0.15, 0.2) is 4.99 Å². The van der Waals surface area contributed by atoms with Crippen molar-refractivity contribution in [3.05, 3.63) is 0 Å². The Morgan fingerprint density at radius 1 is 1.14 bits per heavy atom. The molecule has 0 amide bonds. The number of piperidine rings is 2. The van der Waals surface area contributed by atoms with Gasteiger partial charge in [-0.15, -0.1) is 0 Å². The van der Waals surface area contributed by atoms with Crippen molar-refractivity contribution in [3.8, 4) is 0 Å². The minimum absolute atomic E-state index is 0.473. The Labute approximate surface area is 136 Å². The van der Waals surface area contributed by atoms with Crippen LogP contribution in [0.1, 0.15) is 64.7 Å². The van der Waals surface area contributed by atoms with Gasteiger partial charge in [-0.3, -0.25) is 4.99 Å². The molecule has 0 radical (unpaired) electrons. The molecule has 2 bridgehead atoms. The number of rotatable bonds is 3. The van der Waals surface area contributed by atoms with E-state index in [0.29, 0.717) is 11.5 Å². The number of nitrogens with one attached hydrogen (secondary N) is 2. The van der Waals surface area contributed by atoms with E-state index in [0.717, 1.165) is 24.6 Å². The van der Waals surface area contributed by atoms with Crippen molar-refractivity contribution < 1.29 is 0 Å². The van der Waals surface area contributed by atoms with Crippen LogP contribution >= 0.6 is 0 Å². The van der Waals surface area contributed by atoms with Gasteiger partial charge in [-0.25, -0.2) is 0 Å². The smallest absolute Gasteiger partial charge is 0.191 e. The molecule has 0 aromatic rings. The molecule has 1 saturated carbocycles. The molecule has 0 spiro atoms. The third-order valence-electron chi connectivity index (χ3n) is 6.40. The van der Waals surface area contributed by atoms with Gasteiger partial charge < -0.3 is 15.5 Å². The average molecular weight is 306 g/mol. The molecule has 2 atom stereocenters. The summed E-state index contributed by atoms with van der Waals surface area (Å²) in [7, 11) is 4.22. The quantitative estimate of drug-likeness (QED) is 0.622. The molecule has 3 fully saturated rings. The second kappa shape index (κ2) is 6.77. The van der Waals surface area contributed by atoms with Gasteiger partial charge in [-0.1, -0.05) is 26.2 Å². The standard InChI is InChI=1S/C18H34N4/c1-18(9-4-5-10-18)13-20-17(19-2)21-14-11-15-7-6-8-16(12-14)22(15)3/h14-16H,4-13H2,1-3H3,(H2,19,20,21). The summed E-state index contributed by atoms with van der Waals surface area (Å²) in [5.74, 6) is 1.01. The maximum Gasteiger partial charge on any atom is 0.191 e. The van der Waals surface area contributed by atoms with Gasteiger partial charge in [0.1, 0.15) is 0 Å². The number of fused-ring (bicyclic) bond motifs is 2. The first-order valence-electron chi connectivity index (χ1n) is 9.29. The number of nitrogens with zero attached hydrogens (tertiary/aromatic N) is 2. The van der Waals surface area contributed by atoms with Crippen LogP contribution in [0.4, 0.5) is 0 Å². The lowest BCUT2D eigenvalue weighted by Gasteiger charge is -2.47. The highest BCUT2D eigenvalue weighted by Crippen LogP contribution is 2.36. The van der Waals surface area contributed by atoms with Gasteiger partial charge in [-0.2, -0.15) is 0 Å². The summed E-state index contributed by atoms with van der Waals surface area (Å²) in [5.41, 5.74) is 0.473. The number of hydrogen-bond acceptors (Lipinski definition) is 2. The van der Waals surface area contributed by atoms with Gasteiger partial charge in [0.2, 0.25) is 0 Å². The summed E-state index contributed by atoms with van der Waals surface area (Å²) < 4.78 is 0. The Kier molecular flexibility index (Phi) is 4.96. The summed E-state index contributed by atoms with van der Waals surface area (Å²) >= 11 is 0. The first-order valence-corrected chi connectivity index (χ1v) is 9.29. The van der Waals surface area contributed by atoms with E-state index in [-0.39, 0.29) is 0 Å². The van der Waals surface area contributed by atoms with Crippen LogP contribution in [0.3, 0.4) is 0 Å². The van der Waals surface area contributed by atoms with Crippen LogP contribution in [0.2, 0.25) is 0 Å². The van der Waals surface area contributed by atoms with Crippen molar-refractivity contribution in [1.82, 2.24) is 15.5 Å². The molecule has 2 N–H and O–H groups in total. The van der Waals surface area contributed by atoms with Crippen molar-refractivity contribution in [3.63, 3.8) is 0 Å². The van der Waals surface area contributed by atoms with Crippen molar-refractivity contribution in [2.24, 2.45) is 10.4 Å². The van der Waals surface area contributed by atoms with Gasteiger partial charge in [0.15, 0.2) is 5.96 Å².